The molecule has 0 radical (unpaired) electrons. The summed E-state index contributed by atoms with van der Waals surface area (Å²) in [5, 5.41) is 0. The fourth-order valence-electron chi connectivity index (χ4n) is 4.05. The van der Waals surface area contributed by atoms with Gasteiger partial charge in [-0.2, -0.15) is 4.98 Å². The van der Waals surface area contributed by atoms with E-state index in [-0.39, 0.29) is 17.7 Å². The second-order valence-corrected chi connectivity index (χ2v) is 7.89. The number of likely N-dealkylation sites (tertiary alicyclic amines) is 1. The summed E-state index contributed by atoms with van der Waals surface area (Å²) in [6, 6.07) is 3.37. The highest BCUT2D eigenvalue weighted by Gasteiger charge is 2.28. The smallest absolute Gasteiger partial charge is 0.259 e. The number of pyridine rings is 1. The maximum atomic E-state index is 13.0. The Balaban J connectivity index is 1.55. The lowest BCUT2D eigenvalue weighted by Crippen LogP contribution is -2.47. The number of ether oxygens (including phenoxy) is 2. The number of carbonyl (C=O) groups excluding carboxylic acids is 2. The maximum absolute atomic E-state index is 13.0. The third-order valence-corrected chi connectivity index (χ3v) is 5.90. The monoisotopic (exact) mass is 404 g/mol. The largest absolute Gasteiger partial charge is 0.481 e. The average Bonchev–Trinajstić information content (AvgIpc) is 2.77. The van der Waals surface area contributed by atoms with E-state index in [1.807, 2.05) is 9.80 Å². The van der Waals surface area contributed by atoms with Gasteiger partial charge in [0.15, 0.2) is 0 Å². The fraction of sp³-hybridized carbons (Fsp3) is 0.667. The van der Waals surface area contributed by atoms with Crippen molar-refractivity contribution in [1.82, 2.24) is 19.7 Å². The van der Waals surface area contributed by atoms with Crippen LogP contribution in [0.5, 0.6) is 11.8 Å². The van der Waals surface area contributed by atoms with Crippen LogP contribution in [-0.2, 0) is 4.79 Å². The highest BCUT2D eigenvalue weighted by molar-refractivity contribution is 5.96. The van der Waals surface area contributed by atoms with Crippen LogP contribution in [-0.4, -0.2) is 92.0 Å². The number of hydrogen-bond donors (Lipinski definition) is 0. The van der Waals surface area contributed by atoms with Gasteiger partial charge in [0.2, 0.25) is 17.7 Å². The van der Waals surface area contributed by atoms with Gasteiger partial charge in [-0.25, -0.2) is 0 Å². The molecule has 0 aliphatic carbocycles. The SMILES string of the molecule is COc1ccc(C(=O)N2CCCC(CCC(=O)N3CCN(C)CC3)C2)c(OC)n1. The number of rotatable bonds is 6. The summed E-state index contributed by atoms with van der Waals surface area (Å²) in [5.74, 6) is 1.20. The van der Waals surface area contributed by atoms with E-state index in [4.69, 9.17) is 9.47 Å². The summed E-state index contributed by atoms with van der Waals surface area (Å²) in [6.45, 7) is 4.90. The predicted octanol–water partition coefficient (Wildman–Crippen LogP) is 1.51. The van der Waals surface area contributed by atoms with Gasteiger partial charge in [0.1, 0.15) is 5.56 Å². The number of nitrogens with zero attached hydrogens (tertiary/aromatic N) is 4. The van der Waals surface area contributed by atoms with Crippen molar-refractivity contribution in [3.05, 3.63) is 17.7 Å². The van der Waals surface area contributed by atoms with Gasteiger partial charge < -0.3 is 24.2 Å². The van der Waals surface area contributed by atoms with E-state index in [0.717, 1.165) is 52.0 Å². The molecule has 2 aliphatic heterocycles. The Bertz CT molecular complexity index is 719. The van der Waals surface area contributed by atoms with Crippen LogP contribution in [0.3, 0.4) is 0 Å². The fourth-order valence-corrected chi connectivity index (χ4v) is 4.05. The van der Waals surface area contributed by atoms with Crippen molar-refractivity contribution in [1.29, 1.82) is 0 Å². The van der Waals surface area contributed by atoms with Gasteiger partial charge in [-0.05, 0) is 38.3 Å². The van der Waals surface area contributed by atoms with Crippen LogP contribution in [0.1, 0.15) is 36.0 Å². The first-order chi connectivity index (χ1) is 14.0. The van der Waals surface area contributed by atoms with Crippen LogP contribution in [0.4, 0.5) is 0 Å². The number of aromatic nitrogens is 1. The van der Waals surface area contributed by atoms with Gasteiger partial charge in [0.25, 0.3) is 5.91 Å². The van der Waals surface area contributed by atoms with E-state index in [1.54, 1.807) is 12.1 Å². The van der Waals surface area contributed by atoms with Gasteiger partial charge in [0.05, 0.1) is 14.2 Å². The number of piperidine rings is 1. The highest BCUT2D eigenvalue weighted by atomic mass is 16.5. The van der Waals surface area contributed by atoms with Crippen molar-refractivity contribution >= 4 is 11.8 Å². The molecule has 29 heavy (non-hydrogen) atoms. The van der Waals surface area contributed by atoms with E-state index < -0.39 is 0 Å². The van der Waals surface area contributed by atoms with Crippen molar-refractivity contribution in [3.8, 4) is 11.8 Å². The molecule has 2 fully saturated rings. The number of amides is 2. The molecule has 0 aromatic carbocycles. The number of hydrogen-bond acceptors (Lipinski definition) is 6. The van der Waals surface area contributed by atoms with Crippen molar-refractivity contribution in [2.45, 2.75) is 25.7 Å². The van der Waals surface area contributed by atoms with E-state index in [9.17, 15) is 9.59 Å². The molecule has 1 atom stereocenters. The third-order valence-electron chi connectivity index (χ3n) is 5.90. The molecule has 2 saturated heterocycles. The molecule has 1 aromatic rings. The second-order valence-electron chi connectivity index (χ2n) is 7.89. The van der Waals surface area contributed by atoms with Crippen LogP contribution in [0.25, 0.3) is 0 Å². The van der Waals surface area contributed by atoms with Crippen molar-refractivity contribution in [3.63, 3.8) is 0 Å². The Hall–Kier alpha value is -2.35. The number of carbonyl (C=O) groups is 2. The molecular formula is C21H32N4O4. The lowest BCUT2D eigenvalue weighted by atomic mass is 9.92. The minimum atomic E-state index is -0.0768. The van der Waals surface area contributed by atoms with Crippen molar-refractivity contribution < 1.29 is 19.1 Å². The minimum absolute atomic E-state index is 0.0768. The first kappa shape index (κ1) is 21.4. The Morgan fingerprint density at radius 1 is 1.07 bits per heavy atom. The molecule has 3 heterocycles. The van der Waals surface area contributed by atoms with Gasteiger partial charge in [-0.15, -0.1) is 0 Å². The quantitative estimate of drug-likeness (QED) is 0.715. The zero-order chi connectivity index (χ0) is 20.8. The molecule has 0 bridgehead atoms. The van der Waals surface area contributed by atoms with E-state index in [2.05, 4.69) is 16.9 Å². The lowest BCUT2D eigenvalue weighted by molar-refractivity contribution is -0.133. The van der Waals surface area contributed by atoms with E-state index in [0.29, 0.717) is 30.3 Å². The normalized spacial score (nSPS) is 20.4. The first-order valence-electron chi connectivity index (χ1n) is 10.4. The Kier molecular flexibility index (Phi) is 7.30. The summed E-state index contributed by atoms with van der Waals surface area (Å²) >= 11 is 0. The molecule has 8 nitrogen and oxygen atoms in total. The molecule has 1 unspecified atom stereocenters. The predicted molar refractivity (Wildman–Crippen MR) is 109 cm³/mol. The summed E-state index contributed by atoms with van der Waals surface area (Å²) in [7, 11) is 5.12. The molecule has 0 N–H and O–H groups in total. The third kappa shape index (κ3) is 5.38. The van der Waals surface area contributed by atoms with Crippen molar-refractivity contribution in [2.75, 3.05) is 60.5 Å². The van der Waals surface area contributed by atoms with Crippen molar-refractivity contribution in [2.24, 2.45) is 5.92 Å². The molecule has 160 valence electrons. The molecule has 8 heteroatoms. The van der Waals surface area contributed by atoms with Crippen LogP contribution in [0.15, 0.2) is 12.1 Å². The molecule has 2 aliphatic rings. The van der Waals surface area contributed by atoms with Gasteiger partial charge in [-0.3, -0.25) is 9.59 Å². The Morgan fingerprint density at radius 2 is 1.83 bits per heavy atom. The van der Waals surface area contributed by atoms with Gasteiger partial charge >= 0.3 is 0 Å². The highest BCUT2D eigenvalue weighted by Crippen LogP contribution is 2.26. The van der Waals surface area contributed by atoms with Crippen LogP contribution >= 0.6 is 0 Å². The average molecular weight is 405 g/mol. The number of methoxy groups -OCH3 is 2. The Labute approximate surface area is 172 Å². The number of likely N-dealkylation sites (N-methyl/N-ethyl adjacent to an activating group) is 1. The zero-order valence-corrected chi connectivity index (χ0v) is 17.7. The topological polar surface area (TPSA) is 75.2 Å². The molecule has 1 aromatic heterocycles. The number of piperazine rings is 1. The summed E-state index contributed by atoms with van der Waals surface area (Å²) in [4.78, 5) is 35.8. The van der Waals surface area contributed by atoms with Gasteiger partial charge in [0, 0.05) is 51.8 Å². The lowest BCUT2D eigenvalue weighted by Gasteiger charge is -2.34. The minimum Gasteiger partial charge on any atom is -0.481 e. The standard InChI is InChI=1S/C21H32N4O4/c1-23-11-13-24(14-12-23)19(26)9-6-16-5-4-10-25(15-16)21(27)17-7-8-18(28-2)22-20(17)29-3/h7-8,16H,4-6,9-15H2,1-3H3. The summed E-state index contributed by atoms with van der Waals surface area (Å²) in [6.07, 6.45) is 3.39. The summed E-state index contributed by atoms with van der Waals surface area (Å²) in [5.41, 5.74) is 0.447. The van der Waals surface area contributed by atoms with Crippen LogP contribution in [0.2, 0.25) is 0 Å². The van der Waals surface area contributed by atoms with Crippen LogP contribution < -0.4 is 9.47 Å². The second kappa shape index (κ2) is 9.91. The molecule has 2 amide bonds. The Morgan fingerprint density at radius 3 is 2.52 bits per heavy atom. The zero-order valence-electron chi connectivity index (χ0n) is 17.7. The molecule has 0 saturated carbocycles. The van der Waals surface area contributed by atoms with E-state index >= 15 is 0 Å². The molecular weight excluding hydrogens is 372 g/mol. The van der Waals surface area contributed by atoms with E-state index in [1.165, 1.54) is 14.2 Å². The maximum Gasteiger partial charge on any atom is 0.259 e. The van der Waals surface area contributed by atoms with Gasteiger partial charge in [-0.1, -0.05) is 0 Å². The summed E-state index contributed by atoms with van der Waals surface area (Å²) < 4.78 is 10.4. The molecule has 3 rings (SSSR count). The van der Waals surface area contributed by atoms with Crippen LogP contribution in [0, 0.1) is 5.92 Å². The first-order valence-corrected chi connectivity index (χ1v) is 10.4. The molecule has 0 spiro atoms.